The van der Waals surface area contributed by atoms with E-state index in [2.05, 4.69) is 6.58 Å². The number of aliphatic carboxylic acids is 1. The van der Waals surface area contributed by atoms with Gasteiger partial charge in [0.15, 0.2) is 0 Å². The maximum atomic E-state index is 10.4. The van der Waals surface area contributed by atoms with Gasteiger partial charge in [-0.25, -0.2) is 0 Å². The summed E-state index contributed by atoms with van der Waals surface area (Å²) >= 11 is 0. The van der Waals surface area contributed by atoms with Crippen molar-refractivity contribution in [1.29, 1.82) is 0 Å². The van der Waals surface area contributed by atoms with E-state index in [9.17, 15) is 4.79 Å². The average molecular weight is 170 g/mol. The molecule has 0 saturated heterocycles. The second-order valence-electron chi connectivity index (χ2n) is 2.47. The molecule has 0 atom stereocenters. The van der Waals surface area contributed by atoms with Gasteiger partial charge in [-0.3, -0.25) is 4.79 Å². The fourth-order valence-electron chi connectivity index (χ4n) is 1.06. The molecule has 0 heterocycles. The normalized spacial score (nSPS) is 8.62. The van der Waals surface area contributed by atoms with Crippen LogP contribution in [0.1, 0.15) is 12.6 Å². The van der Waals surface area contributed by atoms with E-state index in [0.29, 0.717) is 0 Å². The van der Waals surface area contributed by atoms with E-state index < -0.39 is 5.97 Å². The molecule has 2 nitrogen and oxygen atoms in total. The number of rotatable bonds is 3. The SMILES string of the molecule is C=Cc1ccccc1CC(=O)O.[H-].[Li+]. The molecule has 1 rings (SSSR count). The van der Waals surface area contributed by atoms with E-state index in [1.54, 1.807) is 12.1 Å². The molecule has 0 amide bonds. The van der Waals surface area contributed by atoms with Crippen LogP contribution in [0.5, 0.6) is 0 Å². The van der Waals surface area contributed by atoms with Crippen molar-refractivity contribution in [2.75, 3.05) is 0 Å². The zero-order valence-electron chi connectivity index (χ0n) is 8.66. The summed E-state index contributed by atoms with van der Waals surface area (Å²) in [4.78, 5) is 10.4. The molecule has 0 aliphatic carbocycles. The molecule has 0 saturated carbocycles. The third-order valence-electron chi connectivity index (χ3n) is 1.62. The van der Waals surface area contributed by atoms with Crippen molar-refractivity contribution in [2.45, 2.75) is 6.42 Å². The first-order chi connectivity index (χ1) is 5.74. The molecule has 0 aliphatic rings. The van der Waals surface area contributed by atoms with Crippen molar-refractivity contribution in [3.8, 4) is 0 Å². The molecule has 1 aromatic carbocycles. The molecule has 0 fully saturated rings. The largest absolute Gasteiger partial charge is 1.00 e. The minimum absolute atomic E-state index is 0. The van der Waals surface area contributed by atoms with Crippen LogP contribution >= 0.6 is 0 Å². The van der Waals surface area contributed by atoms with Crippen LogP contribution in [0, 0.1) is 0 Å². The smallest absolute Gasteiger partial charge is 1.00 e. The van der Waals surface area contributed by atoms with Gasteiger partial charge in [-0.2, -0.15) is 0 Å². The molecule has 0 bridgehead atoms. The number of hydrogen-bond acceptors (Lipinski definition) is 1. The Morgan fingerprint density at radius 1 is 1.54 bits per heavy atom. The molecular weight excluding hydrogens is 159 g/mol. The first-order valence-electron chi connectivity index (χ1n) is 3.66. The van der Waals surface area contributed by atoms with E-state index in [1.807, 2.05) is 18.2 Å². The molecule has 0 spiro atoms. The summed E-state index contributed by atoms with van der Waals surface area (Å²) < 4.78 is 0. The Hall–Kier alpha value is -0.973. The first kappa shape index (κ1) is 12.0. The summed E-state index contributed by atoms with van der Waals surface area (Å²) in [7, 11) is 0. The van der Waals surface area contributed by atoms with Gasteiger partial charge < -0.3 is 6.53 Å². The van der Waals surface area contributed by atoms with Gasteiger partial charge in [0.25, 0.3) is 0 Å². The second-order valence-corrected chi connectivity index (χ2v) is 2.47. The number of carbonyl (C=O) groups is 1. The van der Waals surface area contributed by atoms with E-state index in [-0.39, 0.29) is 26.7 Å². The number of benzene rings is 1. The molecule has 13 heavy (non-hydrogen) atoms. The molecule has 1 aromatic rings. The Kier molecular flexibility index (Phi) is 5.21. The molecule has 0 radical (unpaired) electrons. The monoisotopic (exact) mass is 170 g/mol. The van der Waals surface area contributed by atoms with Crippen LogP contribution in [-0.2, 0) is 11.2 Å². The maximum Gasteiger partial charge on any atom is 1.00 e. The van der Waals surface area contributed by atoms with Crippen LogP contribution in [0.15, 0.2) is 30.8 Å². The summed E-state index contributed by atoms with van der Waals surface area (Å²) in [6.45, 7) is 3.61. The van der Waals surface area contributed by atoms with E-state index in [0.717, 1.165) is 11.1 Å². The fourth-order valence-corrected chi connectivity index (χ4v) is 1.06. The van der Waals surface area contributed by atoms with Crippen LogP contribution in [-0.4, -0.2) is 11.1 Å². The van der Waals surface area contributed by atoms with Gasteiger partial charge in [-0.05, 0) is 11.1 Å². The van der Waals surface area contributed by atoms with Crippen LogP contribution < -0.4 is 18.9 Å². The topological polar surface area (TPSA) is 37.3 Å². The third kappa shape index (κ3) is 3.50. The van der Waals surface area contributed by atoms with Gasteiger partial charge in [0.05, 0.1) is 6.42 Å². The second kappa shape index (κ2) is 5.64. The first-order valence-corrected chi connectivity index (χ1v) is 3.66. The molecule has 3 heteroatoms. The van der Waals surface area contributed by atoms with Gasteiger partial charge in [0.2, 0.25) is 0 Å². The van der Waals surface area contributed by atoms with E-state index in [4.69, 9.17) is 5.11 Å². The molecular formula is C10H11LiO2. The van der Waals surface area contributed by atoms with Crippen LogP contribution in [0.3, 0.4) is 0 Å². The van der Waals surface area contributed by atoms with E-state index >= 15 is 0 Å². The summed E-state index contributed by atoms with van der Waals surface area (Å²) in [6.07, 6.45) is 1.72. The van der Waals surface area contributed by atoms with Crippen LogP contribution in [0.2, 0.25) is 0 Å². The van der Waals surface area contributed by atoms with E-state index in [1.165, 1.54) is 0 Å². The molecule has 0 aliphatic heterocycles. The maximum absolute atomic E-state index is 10.4. The Morgan fingerprint density at radius 3 is 2.69 bits per heavy atom. The van der Waals surface area contributed by atoms with Gasteiger partial charge in [-0.1, -0.05) is 36.9 Å². The van der Waals surface area contributed by atoms with Gasteiger partial charge in [-0.15, -0.1) is 0 Å². The number of carboxylic acid groups (broad SMARTS) is 1. The summed E-state index contributed by atoms with van der Waals surface area (Å²) in [6, 6.07) is 7.34. The summed E-state index contributed by atoms with van der Waals surface area (Å²) in [5.41, 5.74) is 1.69. The van der Waals surface area contributed by atoms with Crippen molar-refractivity contribution < 1.29 is 30.2 Å². The van der Waals surface area contributed by atoms with Gasteiger partial charge in [0.1, 0.15) is 0 Å². The van der Waals surface area contributed by atoms with Crippen molar-refractivity contribution in [3.05, 3.63) is 42.0 Å². The van der Waals surface area contributed by atoms with Crippen LogP contribution in [0.4, 0.5) is 0 Å². The molecule has 1 N–H and O–H groups in total. The predicted molar refractivity (Wildman–Crippen MR) is 49.0 cm³/mol. The predicted octanol–water partition coefficient (Wildman–Crippen LogP) is -0.927. The van der Waals surface area contributed by atoms with Gasteiger partial charge in [0, 0.05) is 0 Å². The molecule has 64 valence electrons. The fraction of sp³-hybridized carbons (Fsp3) is 0.100. The van der Waals surface area contributed by atoms with Gasteiger partial charge >= 0.3 is 24.8 Å². The molecule has 0 unspecified atom stereocenters. The van der Waals surface area contributed by atoms with Crippen molar-refractivity contribution in [3.63, 3.8) is 0 Å². The Labute approximate surface area is 90.9 Å². The Balaban J connectivity index is 0. The Morgan fingerprint density at radius 2 is 2.15 bits per heavy atom. The standard InChI is InChI=1S/C10H10O2.Li.H/c1-2-8-5-3-4-6-9(8)7-10(11)12;;/h2-6H,1,7H2,(H,11,12);;/q;+1;-1. The Bertz CT molecular complexity index is 313. The number of hydrogen-bond donors (Lipinski definition) is 1. The summed E-state index contributed by atoms with van der Waals surface area (Å²) in [5, 5.41) is 8.55. The molecule has 0 aromatic heterocycles. The zero-order valence-corrected chi connectivity index (χ0v) is 7.66. The number of carboxylic acids is 1. The van der Waals surface area contributed by atoms with Crippen molar-refractivity contribution >= 4 is 12.0 Å². The summed E-state index contributed by atoms with van der Waals surface area (Å²) in [5.74, 6) is -0.815. The minimum atomic E-state index is -0.815. The quantitative estimate of drug-likeness (QED) is 0.595. The van der Waals surface area contributed by atoms with Crippen LogP contribution in [0.25, 0.3) is 6.08 Å². The zero-order chi connectivity index (χ0) is 8.97. The third-order valence-corrected chi connectivity index (χ3v) is 1.62. The van der Waals surface area contributed by atoms with Crippen molar-refractivity contribution in [1.82, 2.24) is 0 Å². The average Bonchev–Trinajstić information content (AvgIpc) is 2.04. The minimum Gasteiger partial charge on any atom is -1.00 e. The van der Waals surface area contributed by atoms with Crippen molar-refractivity contribution in [2.24, 2.45) is 0 Å².